The fourth-order valence-electron chi connectivity index (χ4n) is 2.78. The molecule has 1 unspecified atom stereocenters. The van der Waals surface area contributed by atoms with Crippen molar-refractivity contribution in [1.82, 2.24) is 0 Å². The van der Waals surface area contributed by atoms with E-state index < -0.39 is 5.41 Å². The fraction of sp³-hybridized carbons (Fsp3) is 0.526. The number of hydrogen-bond donors (Lipinski definition) is 0. The van der Waals surface area contributed by atoms with E-state index in [1.807, 2.05) is 32.1 Å². The Bertz CT molecular complexity index is 592. The average Bonchev–Trinajstić information content (AvgIpc) is 2.50. The van der Waals surface area contributed by atoms with Gasteiger partial charge in [-0.3, -0.25) is 9.59 Å². The van der Waals surface area contributed by atoms with Crippen molar-refractivity contribution in [2.75, 3.05) is 7.11 Å². The van der Waals surface area contributed by atoms with Crippen molar-refractivity contribution >= 4 is 17.5 Å². The summed E-state index contributed by atoms with van der Waals surface area (Å²) in [5, 5.41) is 0. The van der Waals surface area contributed by atoms with Gasteiger partial charge in [0.2, 0.25) is 0 Å². The molecule has 0 N–H and O–H groups in total. The number of ketones is 2. The third-order valence-corrected chi connectivity index (χ3v) is 4.38. The lowest BCUT2D eigenvalue weighted by Crippen LogP contribution is -2.35. The van der Waals surface area contributed by atoms with Crippen LogP contribution in [0, 0.1) is 5.41 Å². The van der Waals surface area contributed by atoms with Crippen molar-refractivity contribution in [3.8, 4) is 0 Å². The molecule has 0 aliphatic heterocycles. The quantitative estimate of drug-likeness (QED) is 0.553. The van der Waals surface area contributed by atoms with Crippen LogP contribution >= 0.6 is 0 Å². The summed E-state index contributed by atoms with van der Waals surface area (Å²) in [4.78, 5) is 35.1. The van der Waals surface area contributed by atoms with Crippen LogP contribution in [0.15, 0.2) is 34.9 Å². The van der Waals surface area contributed by atoms with Crippen LogP contribution in [0.1, 0.15) is 53.4 Å². The lowest BCUT2D eigenvalue weighted by atomic mass is 9.70. The highest BCUT2D eigenvalue weighted by atomic mass is 16.5. The molecule has 0 heterocycles. The van der Waals surface area contributed by atoms with E-state index in [2.05, 4.69) is 0 Å². The van der Waals surface area contributed by atoms with Crippen LogP contribution in [-0.4, -0.2) is 24.6 Å². The minimum atomic E-state index is -0.789. The Balaban J connectivity index is 3.06. The van der Waals surface area contributed by atoms with Crippen LogP contribution in [0.5, 0.6) is 0 Å². The van der Waals surface area contributed by atoms with Gasteiger partial charge >= 0.3 is 5.97 Å². The van der Waals surface area contributed by atoms with Gasteiger partial charge in [0.25, 0.3) is 0 Å². The Morgan fingerprint density at radius 1 is 1.30 bits per heavy atom. The van der Waals surface area contributed by atoms with Crippen LogP contribution in [0.2, 0.25) is 0 Å². The third kappa shape index (κ3) is 4.75. The number of esters is 1. The van der Waals surface area contributed by atoms with Gasteiger partial charge < -0.3 is 9.53 Å². The van der Waals surface area contributed by atoms with Gasteiger partial charge in [0.1, 0.15) is 5.78 Å². The molecule has 0 aromatic rings. The average molecular weight is 318 g/mol. The van der Waals surface area contributed by atoms with Crippen molar-refractivity contribution in [2.24, 2.45) is 5.41 Å². The summed E-state index contributed by atoms with van der Waals surface area (Å²) in [6, 6.07) is 0. The van der Waals surface area contributed by atoms with Gasteiger partial charge in [0.15, 0.2) is 5.78 Å². The van der Waals surface area contributed by atoms with E-state index in [-0.39, 0.29) is 17.5 Å². The van der Waals surface area contributed by atoms with E-state index in [9.17, 15) is 14.4 Å². The highest BCUT2D eigenvalue weighted by Crippen LogP contribution is 2.41. The maximum Gasteiger partial charge on any atom is 0.316 e. The van der Waals surface area contributed by atoms with Gasteiger partial charge in [-0.15, -0.1) is 0 Å². The maximum atomic E-state index is 12.2. The van der Waals surface area contributed by atoms with Crippen LogP contribution in [0.3, 0.4) is 0 Å². The molecule has 1 aliphatic carbocycles. The van der Waals surface area contributed by atoms with Crippen LogP contribution in [-0.2, 0) is 19.1 Å². The van der Waals surface area contributed by atoms with Gasteiger partial charge in [-0.2, -0.15) is 0 Å². The molecule has 0 aromatic carbocycles. The molecule has 0 spiro atoms. The lowest BCUT2D eigenvalue weighted by Gasteiger charge is -2.33. The van der Waals surface area contributed by atoms with Gasteiger partial charge in [-0.25, -0.2) is 0 Å². The summed E-state index contributed by atoms with van der Waals surface area (Å²) in [5.41, 5.74) is 1.55. The molecule has 0 amide bonds. The molecule has 1 aliphatic rings. The molecule has 1 rings (SSSR count). The number of carbonyl (C=O) groups is 3. The second-order valence-electron chi connectivity index (χ2n) is 6.31. The SMILES string of the molecule is COC(=O)C1(C)CCC(=O)C(C)=C1/C=C/C(C)=C/CCC(C)=O. The molecule has 0 bridgehead atoms. The number of allylic oxidation sites excluding steroid dienone is 5. The summed E-state index contributed by atoms with van der Waals surface area (Å²) in [6.07, 6.45) is 7.74. The molecule has 1 atom stereocenters. The van der Waals surface area contributed by atoms with Crippen LogP contribution < -0.4 is 0 Å². The predicted molar refractivity (Wildman–Crippen MR) is 89.9 cm³/mol. The zero-order valence-electron chi connectivity index (χ0n) is 14.7. The Labute approximate surface area is 138 Å². The number of hydrogen-bond acceptors (Lipinski definition) is 4. The van der Waals surface area contributed by atoms with E-state index in [4.69, 9.17) is 4.74 Å². The van der Waals surface area contributed by atoms with E-state index >= 15 is 0 Å². The molecular weight excluding hydrogens is 292 g/mol. The summed E-state index contributed by atoms with van der Waals surface area (Å²) < 4.78 is 4.93. The van der Waals surface area contributed by atoms with Crippen LogP contribution in [0.25, 0.3) is 0 Å². The van der Waals surface area contributed by atoms with Gasteiger partial charge in [0.05, 0.1) is 12.5 Å². The first kappa shape index (κ1) is 19.1. The minimum absolute atomic E-state index is 0.0734. The molecule has 4 heteroatoms. The summed E-state index contributed by atoms with van der Waals surface area (Å²) in [6.45, 7) is 7.09. The largest absolute Gasteiger partial charge is 0.468 e. The monoisotopic (exact) mass is 318 g/mol. The highest BCUT2D eigenvalue weighted by Gasteiger charge is 2.42. The summed E-state index contributed by atoms with van der Waals surface area (Å²) >= 11 is 0. The van der Waals surface area contributed by atoms with E-state index in [0.29, 0.717) is 31.3 Å². The molecular formula is C19H26O4. The summed E-state index contributed by atoms with van der Waals surface area (Å²) in [5.74, 6) is -0.0841. The molecule has 126 valence electrons. The Morgan fingerprint density at radius 3 is 2.52 bits per heavy atom. The maximum absolute atomic E-state index is 12.2. The second kappa shape index (κ2) is 8.04. The normalized spacial score (nSPS) is 22.7. The smallest absolute Gasteiger partial charge is 0.316 e. The first-order chi connectivity index (χ1) is 10.7. The molecule has 0 saturated carbocycles. The Hall–Kier alpha value is -1.97. The zero-order chi connectivity index (χ0) is 17.6. The molecule has 23 heavy (non-hydrogen) atoms. The number of methoxy groups -OCH3 is 1. The highest BCUT2D eigenvalue weighted by molar-refractivity contribution is 6.00. The Morgan fingerprint density at radius 2 is 1.96 bits per heavy atom. The number of ether oxygens (including phenoxy) is 1. The molecule has 0 radical (unpaired) electrons. The van der Waals surface area contributed by atoms with E-state index in [1.54, 1.807) is 13.8 Å². The predicted octanol–water partition coefficient (Wildman–Crippen LogP) is 3.72. The lowest BCUT2D eigenvalue weighted by molar-refractivity contribution is -0.150. The van der Waals surface area contributed by atoms with Gasteiger partial charge in [0, 0.05) is 12.8 Å². The standard InChI is InChI=1S/C19H26O4/c1-13(7-6-8-14(2)20)9-10-16-15(3)17(21)11-12-19(16,4)18(22)23-5/h7,9-10H,6,8,11-12H2,1-5H3/b10-9+,13-7+. The van der Waals surface area contributed by atoms with E-state index in [0.717, 1.165) is 11.1 Å². The minimum Gasteiger partial charge on any atom is -0.468 e. The van der Waals surface area contributed by atoms with Gasteiger partial charge in [-0.05, 0) is 51.7 Å². The van der Waals surface area contributed by atoms with Crippen molar-refractivity contribution in [3.63, 3.8) is 0 Å². The number of carbonyl (C=O) groups excluding carboxylic acids is 3. The first-order valence-corrected chi connectivity index (χ1v) is 7.89. The zero-order valence-corrected chi connectivity index (χ0v) is 14.7. The van der Waals surface area contributed by atoms with Gasteiger partial charge in [-0.1, -0.05) is 23.8 Å². The van der Waals surface area contributed by atoms with Crippen LogP contribution in [0.4, 0.5) is 0 Å². The number of Topliss-reactive ketones (excluding diaryl/α,β-unsaturated/α-hetero) is 2. The van der Waals surface area contributed by atoms with E-state index in [1.165, 1.54) is 7.11 Å². The number of rotatable bonds is 6. The third-order valence-electron chi connectivity index (χ3n) is 4.38. The molecule has 0 aromatic heterocycles. The fourth-order valence-corrected chi connectivity index (χ4v) is 2.78. The van der Waals surface area contributed by atoms with Crippen molar-refractivity contribution in [1.29, 1.82) is 0 Å². The first-order valence-electron chi connectivity index (χ1n) is 7.89. The summed E-state index contributed by atoms with van der Waals surface area (Å²) in [7, 11) is 1.37. The Kier molecular flexibility index (Phi) is 6.67. The van der Waals surface area contributed by atoms with Crippen molar-refractivity contribution in [3.05, 3.63) is 34.9 Å². The second-order valence-corrected chi connectivity index (χ2v) is 6.31. The molecule has 0 fully saturated rings. The van der Waals surface area contributed by atoms with Crippen molar-refractivity contribution in [2.45, 2.75) is 53.4 Å². The van der Waals surface area contributed by atoms with Crippen molar-refractivity contribution < 1.29 is 19.1 Å². The topological polar surface area (TPSA) is 60.4 Å². The molecule has 4 nitrogen and oxygen atoms in total. The molecule has 0 saturated heterocycles.